The highest BCUT2D eigenvalue weighted by atomic mass is 16.6. The van der Waals surface area contributed by atoms with Gasteiger partial charge in [-0.05, 0) is 36.6 Å². The second-order valence-electron chi connectivity index (χ2n) is 7.41. The Morgan fingerprint density at radius 1 is 1.10 bits per heavy atom. The fourth-order valence-corrected chi connectivity index (χ4v) is 3.67. The molecular formula is C23H28N4O3. The van der Waals surface area contributed by atoms with E-state index in [1.807, 2.05) is 42.2 Å². The number of hydrogen-bond acceptors (Lipinski definition) is 4. The minimum atomic E-state index is -0.127. The van der Waals surface area contributed by atoms with Crippen molar-refractivity contribution in [2.45, 2.75) is 26.0 Å². The van der Waals surface area contributed by atoms with Gasteiger partial charge in [0.05, 0.1) is 6.54 Å². The van der Waals surface area contributed by atoms with E-state index >= 15 is 0 Å². The number of guanidine groups is 1. The number of fused-ring (bicyclic) bond motifs is 2. The molecule has 7 nitrogen and oxygen atoms in total. The maximum Gasteiger partial charge on any atom is 0.244 e. The minimum absolute atomic E-state index is 0.0351. The second kappa shape index (κ2) is 9.52. The van der Waals surface area contributed by atoms with Gasteiger partial charge in [-0.1, -0.05) is 36.4 Å². The number of amides is 1. The van der Waals surface area contributed by atoms with Crippen LogP contribution in [0.5, 0.6) is 11.5 Å². The SMILES string of the molecule is CCNC(=NCC(=O)N1CCc2ccccc2C1)NCC1COc2ccccc2O1. The first kappa shape index (κ1) is 20.1. The molecule has 1 unspecified atom stereocenters. The number of hydrogen-bond donors (Lipinski definition) is 2. The monoisotopic (exact) mass is 408 g/mol. The van der Waals surface area contributed by atoms with Gasteiger partial charge in [-0.15, -0.1) is 0 Å². The third kappa shape index (κ3) is 4.84. The highest BCUT2D eigenvalue weighted by Crippen LogP contribution is 2.30. The largest absolute Gasteiger partial charge is 0.486 e. The first-order valence-electron chi connectivity index (χ1n) is 10.5. The van der Waals surface area contributed by atoms with Crippen LogP contribution >= 0.6 is 0 Å². The number of nitrogens with zero attached hydrogens (tertiary/aromatic N) is 2. The van der Waals surface area contributed by atoms with Gasteiger partial charge < -0.3 is 25.0 Å². The van der Waals surface area contributed by atoms with Crippen LogP contribution in [-0.2, 0) is 17.8 Å². The summed E-state index contributed by atoms with van der Waals surface area (Å²) in [4.78, 5) is 19.0. The highest BCUT2D eigenvalue weighted by molar-refractivity contribution is 5.85. The van der Waals surface area contributed by atoms with Crippen LogP contribution in [0.2, 0.25) is 0 Å². The smallest absolute Gasteiger partial charge is 0.244 e. The van der Waals surface area contributed by atoms with E-state index in [1.54, 1.807) is 0 Å². The molecule has 0 aliphatic carbocycles. The number of ether oxygens (including phenoxy) is 2. The van der Waals surface area contributed by atoms with Gasteiger partial charge >= 0.3 is 0 Å². The Kier molecular flexibility index (Phi) is 6.37. The summed E-state index contributed by atoms with van der Waals surface area (Å²) in [6.07, 6.45) is 0.766. The molecule has 0 saturated carbocycles. The average molecular weight is 409 g/mol. The maximum atomic E-state index is 12.7. The van der Waals surface area contributed by atoms with Crippen molar-refractivity contribution >= 4 is 11.9 Å². The number of aliphatic imine (C=N–C) groups is 1. The molecule has 0 bridgehead atoms. The number of benzene rings is 2. The third-order valence-electron chi connectivity index (χ3n) is 5.26. The molecule has 30 heavy (non-hydrogen) atoms. The van der Waals surface area contributed by atoms with E-state index in [0.717, 1.165) is 24.5 Å². The summed E-state index contributed by atoms with van der Waals surface area (Å²) in [6.45, 7) is 5.21. The molecule has 7 heteroatoms. The van der Waals surface area contributed by atoms with Crippen molar-refractivity contribution < 1.29 is 14.3 Å². The lowest BCUT2D eigenvalue weighted by molar-refractivity contribution is -0.130. The molecule has 2 aromatic rings. The molecule has 158 valence electrons. The van der Waals surface area contributed by atoms with Crippen LogP contribution in [-0.4, -0.2) is 55.7 Å². The van der Waals surface area contributed by atoms with Crippen molar-refractivity contribution in [3.05, 3.63) is 59.7 Å². The van der Waals surface area contributed by atoms with Gasteiger partial charge in [-0.2, -0.15) is 0 Å². The molecular weight excluding hydrogens is 380 g/mol. The lowest BCUT2D eigenvalue weighted by Gasteiger charge is -2.28. The van der Waals surface area contributed by atoms with E-state index in [-0.39, 0.29) is 18.6 Å². The van der Waals surface area contributed by atoms with Crippen LogP contribution in [0.25, 0.3) is 0 Å². The zero-order valence-corrected chi connectivity index (χ0v) is 17.3. The fourth-order valence-electron chi connectivity index (χ4n) is 3.67. The van der Waals surface area contributed by atoms with E-state index in [1.165, 1.54) is 11.1 Å². The van der Waals surface area contributed by atoms with Gasteiger partial charge in [0.15, 0.2) is 17.5 Å². The van der Waals surface area contributed by atoms with Gasteiger partial charge in [0, 0.05) is 19.6 Å². The van der Waals surface area contributed by atoms with Crippen LogP contribution < -0.4 is 20.1 Å². The number of carbonyl (C=O) groups is 1. The molecule has 1 amide bonds. The molecule has 0 aromatic heterocycles. The van der Waals surface area contributed by atoms with Crippen molar-refractivity contribution in [3.8, 4) is 11.5 Å². The minimum Gasteiger partial charge on any atom is -0.486 e. The maximum absolute atomic E-state index is 12.7. The standard InChI is InChI=1S/C23H28N4O3/c1-2-24-23(25-13-19-16-29-20-9-5-6-10-21(20)30-19)26-14-22(28)27-12-11-17-7-3-4-8-18(17)15-27/h3-10,19H,2,11-16H2,1H3,(H2,24,25,26). The van der Waals surface area contributed by atoms with Crippen molar-refractivity contribution in [2.24, 2.45) is 4.99 Å². The molecule has 0 spiro atoms. The molecule has 0 fully saturated rings. The number of para-hydroxylation sites is 2. The Bertz CT molecular complexity index is 915. The first-order chi connectivity index (χ1) is 14.7. The van der Waals surface area contributed by atoms with Crippen LogP contribution in [0.3, 0.4) is 0 Å². The van der Waals surface area contributed by atoms with Gasteiger partial charge in [-0.25, -0.2) is 4.99 Å². The Labute approximate surface area is 177 Å². The summed E-state index contributed by atoms with van der Waals surface area (Å²) in [5.74, 6) is 2.15. The molecule has 4 rings (SSSR count). The molecule has 2 aliphatic rings. The van der Waals surface area contributed by atoms with E-state index in [4.69, 9.17) is 9.47 Å². The Morgan fingerprint density at radius 3 is 2.70 bits per heavy atom. The van der Waals surface area contributed by atoms with E-state index in [2.05, 4.69) is 33.8 Å². The Hall–Kier alpha value is -3.22. The van der Waals surface area contributed by atoms with E-state index < -0.39 is 0 Å². The van der Waals surface area contributed by atoms with Crippen LogP contribution in [0.1, 0.15) is 18.1 Å². The fraction of sp³-hybridized carbons (Fsp3) is 0.391. The average Bonchev–Trinajstić information content (AvgIpc) is 2.80. The lowest BCUT2D eigenvalue weighted by atomic mass is 10.00. The summed E-state index contributed by atoms with van der Waals surface area (Å²) in [6, 6.07) is 15.9. The number of nitrogens with one attached hydrogen (secondary N) is 2. The molecule has 2 aromatic carbocycles. The molecule has 0 radical (unpaired) electrons. The van der Waals surface area contributed by atoms with Gasteiger partial charge in [0.1, 0.15) is 19.3 Å². The molecule has 1 atom stereocenters. The molecule has 2 aliphatic heterocycles. The van der Waals surface area contributed by atoms with Crippen molar-refractivity contribution in [3.63, 3.8) is 0 Å². The normalized spacial score (nSPS) is 17.8. The van der Waals surface area contributed by atoms with Crippen LogP contribution in [0, 0.1) is 0 Å². The predicted octanol–water partition coefficient (Wildman–Crippen LogP) is 1.97. The number of rotatable bonds is 5. The Balaban J connectivity index is 1.30. The summed E-state index contributed by atoms with van der Waals surface area (Å²) in [5, 5.41) is 6.45. The lowest BCUT2D eigenvalue weighted by Crippen LogP contribution is -2.46. The summed E-state index contributed by atoms with van der Waals surface area (Å²) >= 11 is 0. The van der Waals surface area contributed by atoms with Crippen molar-refractivity contribution in [1.82, 2.24) is 15.5 Å². The van der Waals surface area contributed by atoms with Gasteiger partial charge in [0.2, 0.25) is 5.91 Å². The topological polar surface area (TPSA) is 75.2 Å². The molecule has 2 heterocycles. The van der Waals surface area contributed by atoms with E-state index in [0.29, 0.717) is 32.2 Å². The third-order valence-corrected chi connectivity index (χ3v) is 5.26. The van der Waals surface area contributed by atoms with Crippen molar-refractivity contribution in [1.29, 1.82) is 0 Å². The summed E-state index contributed by atoms with van der Waals surface area (Å²) in [5.41, 5.74) is 2.55. The van der Waals surface area contributed by atoms with Gasteiger partial charge in [0.25, 0.3) is 0 Å². The van der Waals surface area contributed by atoms with Crippen molar-refractivity contribution in [2.75, 3.05) is 32.8 Å². The Morgan fingerprint density at radius 2 is 1.87 bits per heavy atom. The van der Waals surface area contributed by atoms with E-state index in [9.17, 15) is 4.79 Å². The van der Waals surface area contributed by atoms with Gasteiger partial charge in [-0.3, -0.25) is 4.79 Å². The predicted molar refractivity (Wildman–Crippen MR) is 116 cm³/mol. The second-order valence-corrected chi connectivity index (χ2v) is 7.41. The highest BCUT2D eigenvalue weighted by Gasteiger charge is 2.22. The zero-order chi connectivity index (χ0) is 20.8. The molecule has 0 saturated heterocycles. The summed E-state index contributed by atoms with van der Waals surface area (Å²) in [7, 11) is 0. The zero-order valence-electron chi connectivity index (χ0n) is 17.3. The van der Waals surface area contributed by atoms with Crippen LogP contribution in [0.15, 0.2) is 53.5 Å². The van der Waals surface area contributed by atoms with Crippen LogP contribution in [0.4, 0.5) is 0 Å². The molecule has 2 N–H and O–H groups in total. The first-order valence-corrected chi connectivity index (χ1v) is 10.5. The quantitative estimate of drug-likeness (QED) is 0.584. The number of carbonyl (C=O) groups excluding carboxylic acids is 1. The summed E-state index contributed by atoms with van der Waals surface area (Å²) < 4.78 is 11.7.